The predicted octanol–water partition coefficient (Wildman–Crippen LogP) is 1.09. The maximum atomic E-state index is 4.03. The van der Waals surface area contributed by atoms with Crippen molar-refractivity contribution in [3.8, 4) is 0 Å². The molecule has 0 amide bonds. The third-order valence-electron chi connectivity index (χ3n) is 1.03. The van der Waals surface area contributed by atoms with Gasteiger partial charge in [0.15, 0.2) is 4.83 Å². The van der Waals surface area contributed by atoms with Gasteiger partial charge in [-0.3, -0.25) is 0 Å². The molecule has 3 nitrogen and oxygen atoms in total. The van der Waals surface area contributed by atoms with Crippen LogP contribution in [-0.4, -0.2) is 14.6 Å². The van der Waals surface area contributed by atoms with Crippen molar-refractivity contribution < 1.29 is 0 Å². The SMILES string of the molecule is c1cnc2snnc2c1. The van der Waals surface area contributed by atoms with Gasteiger partial charge in [0.1, 0.15) is 5.52 Å². The highest BCUT2D eigenvalue weighted by Gasteiger charge is 1.93. The highest BCUT2D eigenvalue weighted by Crippen LogP contribution is 2.08. The first-order valence-electron chi connectivity index (χ1n) is 2.50. The number of hydrogen-bond acceptors (Lipinski definition) is 4. The van der Waals surface area contributed by atoms with Gasteiger partial charge in [0.25, 0.3) is 0 Å². The average Bonchev–Trinajstić information content (AvgIpc) is 2.33. The Balaban J connectivity index is 2.95. The summed E-state index contributed by atoms with van der Waals surface area (Å²) in [5.41, 5.74) is 0.877. The largest absolute Gasteiger partial charge is 0.242 e. The molecule has 0 aliphatic rings. The Morgan fingerprint density at radius 3 is 3.33 bits per heavy atom. The highest BCUT2D eigenvalue weighted by atomic mass is 32.1. The summed E-state index contributed by atoms with van der Waals surface area (Å²) in [6.45, 7) is 0. The molecular formula is C5H3N3S. The minimum absolute atomic E-state index is 0.877. The van der Waals surface area contributed by atoms with Gasteiger partial charge in [-0.05, 0) is 12.1 Å². The summed E-state index contributed by atoms with van der Waals surface area (Å²) in [7, 11) is 0. The van der Waals surface area contributed by atoms with E-state index in [0.29, 0.717) is 0 Å². The predicted molar refractivity (Wildman–Crippen MR) is 35.2 cm³/mol. The van der Waals surface area contributed by atoms with Crippen molar-refractivity contribution in [2.75, 3.05) is 0 Å². The Morgan fingerprint density at radius 1 is 1.44 bits per heavy atom. The standard InChI is InChI=1S/C5H3N3S/c1-2-4-5(6-3-1)9-8-7-4/h1-3H. The van der Waals surface area contributed by atoms with Crippen LogP contribution in [0.4, 0.5) is 0 Å². The molecule has 0 atom stereocenters. The van der Waals surface area contributed by atoms with Crippen LogP contribution in [-0.2, 0) is 0 Å². The molecule has 0 radical (unpaired) electrons. The lowest BCUT2D eigenvalue weighted by molar-refractivity contribution is 1.20. The van der Waals surface area contributed by atoms with Gasteiger partial charge in [-0.25, -0.2) is 4.98 Å². The first kappa shape index (κ1) is 4.81. The molecule has 44 valence electrons. The smallest absolute Gasteiger partial charge is 0.163 e. The molecule has 0 spiro atoms. The van der Waals surface area contributed by atoms with Gasteiger partial charge in [-0.1, -0.05) is 4.49 Å². The summed E-state index contributed by atoms with van der Waals surface area (Å²) in [4.78, 5) is 4.94. The van der Waals surface area contributed by atoms with E-state index in [1.54, 1.807) is 6.20 Å². The topological polar surface area (TPSA) is 38.7 Å². The molecule has 0 N–H and O–H groups in total. The molecule has 2 heterocycles. The number of nitrogens with zero attached hydrogens (tertiary/aromatic N) is 3. The Bertz CT molecular complexity index is 286. The van der Waals surface area contributed by atoms with E-state index in [0.717, 1.165) is 10.3 Å². The van der Waals surface area contributed by atoms with E-state index in [9.17, 15) is 0 Å². The lowest BCUT2D eigenvalue weighted by Gasteiger charge is -1.78. The minimum atomic E-state index is 0.877. The van der Waals surface area contributed by atoms with E-state index in [-0.39, 0.29) is 0 Å². The molecular weight excluding hydrogens is 134 g/mol. The van der Waals surface area contributed by atoms with E-state index >= 15 is 0 Å². The highest BCUT2D eigenvalue weighted by molar-refractivity contribution is 7.12. The molecule has 9 heavy (non-hydrogen) atoms. The molecule has 2 rings (SSSR count). The Morgan fingerprint density at radius 2 is 2.44 bits per heavy atom. The molecule has 0 aliphatic carbocycles. The zero-order valence-electron chi connectivity index (χ0n) is 4.48. The van der Waals surface area contributed by atoms with Crippen LogP contribution in [0.15, 0.2) is 18.3 Å². The molecule has 0 saturated heterocycles. The van der Waals surface area contributed by atoms with E-state index < -0.39 is 0 Å². The third-order valence-corrected chi connectivity index (χ3v) is 1.68. The summed E-state index contributed by atoms with van der Waals surface area (Å²) in [6.07, 6.45) is 1.74. The van der Waals surface area contributed by atoms with Gasteiger partial charge in [-0.2, -0.15) is 0 Å². The quantitative estimate of drug-likeness (QED) is 0.545. The molecule has 0 aliphatic heterocycles. The van der Waals surface area contributed by atoms with Gasteiger partial charge in [0.2, 0.25) is 0 Å². The lowest BCUT2D eigenvalue weighted by Crippen LogP contribution is -1.68. The Labute approximate surface area is 55.5 Å². The van der Waals surface area contributed by atoms with Crippen LogP contribution in [0.5, 0.6) is 0 Å². The molecule has 2 aromatic heterocycles. The zero-order valence-corrected chi connectivity index (χ0v) is 5.30. The number of rotatable bonds is 0. The van der Waals surface area contributed by atoms with Crippen molar-refractivity contribution in [2.45, 2.75) is 0 Å². The van der Waals surface area contributed by atoms with Crippen LogP contribution < -0.4 is 0 Å². The Kier molecular flexibility index (Phi) is 0.927. The summed E-state index contributed by atoms with van der Waals surface area (Å²) < 4.78 is 3.73. The number of pyridine rings is 1. The van der Waals surface area contributed by atoms with Crippen LogP contribution in [0.3, 0.4) is 0 Å². The van der Waals surface area contributed by atoms with Gasteiger partial charge in [-0.15, -0.1) is 5.10 Å². The second kappa shape index (κ2) is 1.73. The first-order chi connectivity index (χ1) is 4.47. The van der Waals surface area contributed by atoms with E-state index in [1.165, 1.54) is 11.5 Å². The van der Waals surface area contributed by atoms with Crippen molar-refractivity contribution in [3.63, 3.8) is 0 Å². The first-order valence-corrected chi connectivity index (χ1v) is 3.27. The maximum absolute atomic E-state index is 4.03. The van der Waals surface area contributed by atoms with Crippen molar-refractivity contribution in [1.82, 2.24) is 14.6 Å². The second-order valence-electron chi connectivity index (χ2n) is 1.60. The van der Waals surface area contributed by atoms with Crippen molar-refractivity contribution in [1.29, 1.82) is 0 Å². The fourth-order valence-corrected chi connectivity index (χ4v) is 1.15. The van der Waals surface area contributed by atoms with Gasteiger partial charge in [0.05, 0.1) is 0 Å². The van der Waals surface area contributed by atoms with Crippen LogP contribution in [0.2, 0.25) is 0 Å². The summed E-state index contributed by atoms with van der Waals surface area (Å²) in [5, 5.41) is 3.82. The average molecular weight is 137 g/mol. The summed E-state index contributed by atoms with van der Waals surface area (Å²) >= 11 is 1.32. The molecule has 0 fully saturated rings. The fraction of sp³-hybridized carbons (Fsp3) is 0. The van der Waals surface area contributed by atoms with Crippen LogP contribution >= 0.6 is 11.5 Å². The third kappa shape index (κ3) is 0.675. The number of aromatic nitrogens is 3. The normalized spacial score (nSPS) is 10.2. The fourth-order valence-electron chi connectivity index (χ4n) is 0.632. The molecule has 0 saturated carbocycles. The van der Waals surface area contributed by atoms with E-state index in [4.69, 9.17) is 0 Å². The van der Waals surface area contributed by atoms with E-state index in [2.05, 4.69) is 14.6 Å². The van der Waals surface area contributed by atoms with Crippen molar-refractivity contribution in [2.24, 2.45) is 0 Å². The minimum Gasteiger partial charge on any atom is -0.242 e. The lowest BCUT2D eigenvalue weighted by atomic mass is 10.5. The number of fused-ring (bicyclic) bond motifs is 1. The van der Waals surface area contributed by atoms with Gasteiger partial charge < -0.3 is 0 Å². The maximum Gasteiger partial charge on any atom is 0.163 e. The van der Waals surface area contributed by atoms with Crippen molar-refractivity contribution in [3.05, 3.63) is 18.3 Å². The molecule has 0 aromatic carbocycles. The second-order valence-corrected chi connectivity index (χ2v) is 2.33. The number of hydrogen-bond donors (Lipinski definition) is 0. The molecule has 2 aromatic rings. The molecule has 4 heteroatoms. The summed E-state index contributed by atoms with van der Waals surface area (Å²) in [6, 6.07) is 3.75. The van der Waals surface area contributed by atoms with Crippen LogP contribution in [0, 0.1) is 0 Å². The van der Waals surface area contributed by atoms with Crippen molar-refractivity contribution >= 4 is 21.9 Å². The zero-order chi connectivity index (χ0) is 6.10. The van der Waals surface area contributed by atoms with Gasteiger partial charge in [0, 0.05) is 17.7 Å². The Hall–Kier alpha value is -1.03. The monoisotopic (exact) mass is 137 g/mol. The molecule has 0 unspecified atom stereocenters. The molecule has 0 bridgehead atoms. The van der Waals surface area contributed by atoms with Gasteiger partial charge >= 0.3 is 0 Å². The van der Waals surface area contributed by atoms with E-state index in [1.807, 2.05) is 12.1 Å². The summed E-state index contributed by atoms with van der Waals surface area (Å²) in [5.74, 6) is 0. The van der Waals surface area contributed by atoms with Crippen LogP contribution in [0.25, 0.3) is 10.3 Å². The van der Waals surface area contributed by atoms with Crippen LogP contribution in [0.1, 0.15) is 0 Å².